The quantitative estimate of drug-likeness (QED) is 0.808. The molecule has 2 aromatic carbocycles. The van der Waals surface area contributed by atoms with Gasteiger partial charge in [-0.05, 0) is 30.3 Å². The number of nitrogens with zero attached hydrogens (tertiary/aromatic N) is 1. The summed E-state index contributed by atoms with van der Waals surface area (Å²) in [5, 5.41) is 2.89. The summed E-state index contributed by atoms with van der Waals surface area (Å²) in [6, 6.07) is 12.7. The topological polar surface area (TPSA) is 49.4 Å². The van der Waals surface area contributed by atoms with Crippen molar-refractivity contribution in [3.63, 3.8) is 0 Å². The van der Waals surface area contributed by atoms with E-state index in [0.717, 1.165) is 10.0 Å². The number of hydrogen-bond acceptors (Lipinski definition) is 2. The number of carbonyl (C=O) groups excluding carboxylic acids is 2. The zero-order valence-electron chi connectivity index (χ0n) is 10.3. The van der Waals surface area contributed by atoms with Gasteiger partial charge in [-0.25, -0.2) is 0 Å². The SMILES string of the molecule is O=C1NC2c3cc(Br)ccc3C(=O)N2c2ccccc21. The normalized spacial score (nSPS) is 19.2. The first kappa shape index (κ1) is 11.7. The highest BCUT2D eigenvalue weighted by molar-refractivity contribution is 9.10. The highest BCUT2D eigenvalue weighted by atomic mass is 79.9. The van der Waals surface area contributed by atoms with E-state index in [4.69, 9.17) is 0 Å². The maximum atomic E-state index is 12.6. The molecule has 1 atom stereocenters. The molecule has 2 amide bonds. The van der Waals surface area contributed by atoms with Crippen LogP contribution in [-0.2, 0) is 0 Å². The molecule has 0 aliphatic carbocycles. The molecule has 2 aliphatic rings. The molecular weight excluding hydrogens is 320 g/mol. The summed E-state index contributed by atoms with van der Waals surface area (Å²) in [6.07, 6.45) is -0.419. The van der Waals surface area contributed by atoms with Crippen LogP contribution in [-0.4, -0.2) is 11.8 Å². The number of amides is 2. The van der Waals surface area contributed by atoms with E-state index in [1.807, 2.05) is 18.2 Å². The maximum absolute atomic E-state index is 12.6. The van der Waals surface area contributed by atoms with Gasteiger partial charge >= 0.3 is 0 Å². The van der Waals surface area contributed by atoms with Gasteiger partial charge in [-0.1, -0.05) is 28.1 Å². The van der Waals surface area contributed by atoms with Crippen molar-refractivity contribution in [2.75, 3.05) is 4.90 Å². The summed E-state index contributed by atoms with van der Waals surface area (Å²) < 4.78 is 0.888. The predicted octanol–water partition coefficient (Wildman–Crippen LogP) is 2.85. The summed E-state index contributed by atoms with van der Waals surface area (Å²) >= 11 is 3.41. The summed E-state index contributed by atoms with van der Waals surface area (Å²) in [5.74, 6) is -0.229. The van der Waals surface area contributed by atoms with E-state index in [1.54, 1.807) is 29.2 Å². The lowest BCUT2D eigenvalue weighted by Gasteiger charge is -2.32. The van der Waals surface area contributed by atoms with Crippen LogP contribution in [0.15, 0.2) is 46.9 Å². The molecule has 4 rings (SSSR count). The van der Waals surface area contributed by atoms with Crippen LogP contribution in [0.3, 0.4) is 0 Å². The Hall–Kier alpha value is -2.14. The molecule has 5 heteroatoms. The molecule has 0 fully saturated rings. The van der Waals surface area contributed by atoms with E-state index in [0.29, 0.717) is 16.8 Å². The second-order valence-corrected chi connectivity index (χ2v) is 5.72. The fourth-order valence-electron chi connectivity index (χ4n) is 2.81. The van der Waals surface area contributed by atoms with Gasteiger partial charge in [-0.2, -0.15) is 0 Å². The summed E-state index contributed by atoms with van der Waals surface area (Å²) in [6.45, 7) is 0. The summed E-state index contributed by atoms with van der Waals surface area (Å²) in [5.41, 5.74) is 2.66. The minimum absolute atomic E-state index is 0.0787. The van der Waals surface area contributed by atoms with Crippen LogP contribution in [0.1, 0.15) is 32.4 Å². The molecule has 1 N–H and O–H groups in total. The van der Waals surface area contributed by atoms with Gasteiger partial charge in [0.25, 0.3) is 11.8 Å². The van der Waals surface area contributed by atoms with Crippen molar-refractivity contribution in [2.24, 2.45) is 0 Å². The van der Waals surface area contributed by atoms with E-state index < -0.39 is 6.17 Å². The van der Waals surface area contributed by atoms with Crippen LogP contribution < -0.4 is 10.2 Å². The zero-order valence-corrected chi connectivity index (χ0v) is 11.8. The van der Waals surface area contributed by atoms with E-state index in [9.17, 15) is 9.59 Å². The summed E-state index contributed by atoms with van der Waals surface area (Å²) in [7, 11) is 0. The predicted molar refractivity (Wildman–Crippen MR) is 77.6 cm³/mol. The summed E-state index contributed by atoms with van der Waals surface area (Å²) in [4.78, 5) is 26.4. The lowest BCUT2D eigenvalue weighted by atomic mass is 10.1. The number of halogens is 1. The van der Waals surface area contributed by atoms with Gasteiger partial charge < -0.3 is 5.32 Å². The lowest BCUT2D eigenvalue weighted by molar-refractivity contribution is 0.0912. The third kappa shape index (κ3) is 1.41. The molecule has 0 saturated heterocycles. The van der Waals surface area contributed by atoms with Gasteiger partial charge in [0, 0.05) is 15.6 Å². The Morgan fingerprint density at radius 2 is 1.85 bits per heavy atom. The highest BCUT2D eigenvalue weighted by Gasteiger charge is 2.43. The number of benzene rings is 2. The second kappa shape index (κ2) is 3.93. The molecule has 0 radical (unpaired) electrons. The molecule has 98 valence electrons. The number of anilines is 1. The smallest absolute Gasteiger partial charge is 0.260 e. The van der Waals surface area contributed by atoms with Gasteiger partial charge in [-0.3, -0.25) is 14.5 Å². The second-order valence-electron chi connectivity index (χ2n) is 4.80. The third-order valence-corrected chi connectivity index (χ3v) is 4.18. The Morgan fingerprint density at radius 1 is 1.05 bits per heavy atom. The number of nitrogens with one attached hydrogen (secondary N) is 1. The molecule has 0 bridgehead atoms. The fourth-order valence-corrected chi connectivity index (χ4v) is 3.19. The van der Waals surface area contributed by atoms with Crippen molar-refractivity contribution in [2.45, 2.75) is 6.17 Å². The van der Waals surface area contributed by atoms with Crippen LogP contribution in [0.4, 0.5) is 5.69 Å². The van der Waals surface area contributed by atoms with Gasteiger partial charge in [0.15, 0.2) is 0 Å². The number of rotatable bonds is 0. The number of carbonyl (C=O) groups is 2. The minimum atomic E-state index is -0.419. The number of fused-ring (bicyclic) bond motifs is 5. The highest BCUT2D eigenvalue weighted by Crippen LogP contribution is 2.41. The Morgan fingerprint density at radius 3 is 2.70 bits per heavy atom. The molecule has 2 aromatic rings. The van der Waals surface area contributed by atoms with Gasteiger partial charge in [0.1, 0.15) is 6.17 Å². The molecule has 0 aromatic heterocycles. The maximum Gasteiger partial charge on any atom is 0.260 e. The first-order chi connectivity index (χ1) is 9.66. The van der Waals surface area contributed by atoms with Gasteiger partial charge in [0.2, 0.25) is 0 Å². The molecule has 20 heavy (non-hydrogen) atoms. The van der Waals surface area contributed by atoms with Crippen LogP contribution in [0.5, 0.6) is 0 Å². The Bertz CT molecular complexity index is 772. The molecule has 1 unspecified atom stereocenters. The largest absolute Gasteiger partial charge is 0.327 e. The monoisotopic (exact) mass is 328 g/mol. The molecule has 0 spiro atoms. The van der Waals surface area contributed by atoms with Crippen LogP contribution in [0.2, 0.25) is 0 Å². The Balaban J connectivity index is 1.96. The zero-order chi connectivity index (χ0) is 13.9. The van der Waals surface area contributed by atoms with Crippen molar-refractivity contribution in [3.8, 4) is 0 Å². The first-order valence-corrected chi connectivity index (χ1v) is 6.99. The molecule has 4 nitrogen and oxygen atoms in total. The van der Waals surface area contributed by atoms with Crippen molar-refractivity contribution in [1.29, 1.82) is 0 Å². The van der Waals surface area contributed by atoms with E-state index in [-0.39, 0.29) is 11.8 Å². The standard InChI is InChI=1S/C15H9BrN2O2/c16-8-5-6-9-11(7-8)13-17-14(19)10-3-1-2-4-12(10)18(13)15(9)20/h1-7,13H,(H,17,19). The van der Waals surface area contributed by atoms with Crippen LogP contribution >= 0.6 is 15.9 Å². The molecular formula is C15H9BrN2O2. The van der Waals surface area contributed by atoms with Crippen molar-refractivity contribution < 1.29 is 9.59 Å². The van der Waals surface area contributed by atoms with Crippen molar-refractivity contribution in [1.82, 2.24) is 5.32 Å². The van der Waals surface area contributed by atoms with Crippen LogP contribution in [0, 0.1) is 0 Å². The Labute approximate surface area is 123 Å². The van der Waals surface area contributed by atoms with Gasteiger partial charge in [-0.15, -0.1) is 0 Å². The fraction of sp³-hybridized carbons (Fsp3) is 0.0667. The third-order valence-electron chi connectivity index (χ3n) is 3.69. The Kier molecular flexibility index (Phi) is 2.29. The van der Waals surface area contributed by atoms with Crippen LogP contribution in [0.25, 0.3) is 0 Å². The van der Waals surface area contributed by atoms with Crippen molar-refractivity contribution >= 4 is 33.4 Å². The molecule has 0 saturated carbocycles. The van der Waals surface area contributed by atoms with Crippen molar-refractivity contribution in [3.05, 3.63) is 63.6 Å². The van der Waals surface area contributed by atoms with E-state index in [1.165, 1.54) is 0 Å². The van der Waals surface area contributed by atoms with Gasteiger partial charge in [0.05, 0.1) is 11.3 Å². The number of para-hydroxylation sites is 1. The average molecular weight is 329 g/mol. The average Bonchev–Trinajstić information content (AvgIpc) is 2.72. The first-order valence-electron chi connectivity index (χ1n) is 6.20. The van der Waals surface area contributed by atoms with E-state index in [2.05, 4.69) is 21.2 Å². The molecule has 2 aliphatic heterocycles. The number of hydrogen-bond donors (Lipinski definition) is 1. The minimum Gasteiger partial charge on any atom is -0.327 e. The molecule has 2 heterocycles. The lowest BCUT2D eigenvalue weighted by Crippen LogP contribution is -2.45. The van der Waals surface area contributed by atoms with E-state index >= 15 is 0 Å².